The molecule has 2 fully saturated rings. The molecule has 3 rings (SSSR count). The Kier molecular flexibility index (Phi) is 8.69. The fraction of sp³-hybridized carbons (Fsp3) is 0.632. The van der Waals surface area contributed by atoms with E-state index in [1.165, 1.54) is 5.56 Å². The lowest BCUT2D eigenvalue weighted by molar-refractivity contribution is -0.128. The van der Waals surface area contributed by atoms with Gasteiger partial charge in [-0.05, 0) is 31.7 Å². The van der Waals surface area contributed by atoms with E-state index in [9.17, 15) is 4.79 Å². The molecule has 3 atom stereocenters. The van der Waals surface area contributed by atoms with Crippen LogP contribution in [0.25, 0.3) is 0 Å². The lowest BCUT2D eigenvalue weighted by Crippen LogP contribution is -2.54. The third-order valence-corrected chi connectivity index (χ3v) is 5.44. The smallest absolute Gasteiger partial charge is 0.225 e. The molecule has 0 spiro atoms. The van der Waals surface area contributed by atoms with Gasteiger partial charge in [0.25, 0.3) is 0 Å². The number of amides is 1. The Labute approximate surface area is 163 Å². The van der Waals surface area contributed by atoms with E-state index in [4.69, 9.17) is 5.73 Å². The first-order valence-corrected chi connectivity index (χ1v) is 8.90. The molecule has 1 saturated heterocycles. The minimum Gasteiger partial charge on any atom is -0.352 e. The van der Waals surface area contributed by atoms with Crippen molar-refractivity contribution in [3.8, 4) is 0 Å². The van der Waals surface area contributed by atoms with Crippen molar-refractivity contribution in [2.75, 3.05) is 13.1 Å². The SMILES string of the molecule is CC1(N)CCCCC1C(=O)NC1CCN(Cc2ccccc2)C1.Cl.Cl. The largest absolute Gasteiger partial charge is 0.352 e. The van der Waals surface area contributed by atoms with Crippen molar-refractivity contribution >= 4 is 30.7 Å². The second-order valence-corrected chi connectivity index (χ2v) is 7.52. The van der Waals surface area contributed by atoms with Gasteiger partial charge < -0.3 is 11.1 Å². The Bertz CT molecular complexity index is 539. The van der Waals surface area contributed by atoms with Crippen molar-refractivity contribution in [1.29, 1.82) is 0 Å². The average Bonchev–Trinajstić information content (AvgIpc) is 2.94. The zero-order valence-corrected chi connectivity index (χ0v) is 16.6. The van der Waals surface area contributed by atoms with Crippen LogP contribution < -0.4 is 11.1 Å². The molecule has 142 valence electrons. The predicted octanol–water partition coefficient (Wildman–Crippen LogP) is 3.13. The van der Waals surface area contributed by atoms with Gasteiger partial charge in [0.05, 0.1) is 5.92 Å². The molecule has 0 aromatic heterocycles. The average molecular weight is 388 g/mol. The molecule has 1 aliphatic carbocycles. The van der Waals surface area contributed by atoms with E-state index in [0.717, 1.165) is 51.7 Å². The molecule has 6 heteroatoms. The van der Waals surface area contributed by atoms with Crippen molar-refractivity contribution in [1.82, 2.24) is 10.2 Å². The highest BCUT2D eigenvalue weighted by molar-refractivity contribution is 5.85. The number of nitrogens with zero attached hydrogens (tertiary/aromatic N) is 1. The van der Waals surface area contributed by atoms with Gasteiger partial charge in [-0.3, -0.25) is 9.69 Å². The first kappa shape index (κ1) is 22.2. The van der Waals surface area contributed by atoms with Crippen LogP contribution in [0, 0.1) is 5.92 Å². The molecule has 1 aromatic rings. The van der Waals surface area contributed by atoms with Crippen molar-refractivity contribution in [2.24, 2.45) is 11.7 Å². The number of carbonyl (C=O) groups excluding carboxylic acids is 1. The van der Waals surface area contributed by atoms with Crippen LogP contribution in [-0.2, 0) is 11.3 Å². The predicted molar refractivity (Wildman–Crippen MR) is 107 cm³/mol. The van der Waals surface area contributed by atoms with Crippen molar-refractivity contribution in [3.63, 3.8) is 0 Å². The Hall–Kier alpha value is -0.810. The summed E-state index contributed by atoms with van der Waals surface area (Å²) >= 11 is 0. The van der Waals surface area contributed by atoms with Crippen LogP contribution in [-0.4, -0.2) is 35.5 Å². The van der Waals surface area contributed by atoms with E-state index in [1.54, 1.807) is 0 Å². The second-order valence-electron chi connectivity index (χ2n) is 7.52. The van der Waals surface area contributed by atoms with E-state index in [1.807, 2.05) is 13.0 Å². The van der Waals surface area contributed by atoms with Gasteiger partial charge in [0.1, 0.15) is 0 Å². The summed E-state index contributed by atoms with van der Waals surface area (Å²) in [5.74, 6) is 0.140. The Morgan fingerprint density at radius 3 is 2.64 bits per heavy atom. The molecule has 1 aromatic carbocycles. The molecule has 1 amide bonds. The minimum atomic E-state index is -0.343. The second kappa shape index (κ2) is 9.77. The molecule has 0 bridgehead atoms. The molecule has 0 radical (unpaired) electrons. The summed E-state index contributed by atoms with van der Waals surface area (Å²) in [4.78, 5) is 15.0. The third-order valence-electron chi connectivity index (χ3n) is 5.44. The van der Waals surface area contributed by atoms with Crippen LogP contribution in [0.1, 0.15) is 44.6 Å². The Morgan fingerprint density at radius 2 is 1.96 bits per heavy atom. The van der Waals surface area contributed by atoms with Gasteiger partial charge in [-0.2, -0.15) is 0 Å². The number of likely N-dealkylation sites (tertiary alicyclic amines) is 1. The topological polar surface area (TPSA) is 58.4 Å². The number of hydrogen-bond acceptors (Lipinski definition) is 3. The summed E-state index contributed by atoms with van der Waals surface area (Å²) in [6.07, 6.45) is 5.18. The summed E-state index contributed by atoms with van der Waals surface area (Å²) in [5.41, 5.74) is 7.35. The summed E-state index contributed by atoms with van der Waals surface area (Å²) < 4.78 is 0. The summed E-state index contributed by atoms with van der Waals surface area (Å²) in [6.45, 7) is 4.98. The quantitative estimate of drug-likeness (QED) is 0.833. The maximum absolute atomic E-state index is 12.6. The van der Waals surface area contributed by atoms with Crippen molar-refractivity contribution in [3.05, 3.63) is 35.9 Å². The maximum Gasteiger partial charge on any atom is 0.225 e. The number of rotatable bonds is 4. The first-order chi connectivity index (χ1) is 11.0. The highest BCUT2D eigenvalue weighted by Gasteiger charge is 2.38. The number of halogens is 2. The van der Waals surface area contributed by atoms with E-state index in [2.05, 4.69) is 34.5 Å². The van der Waals surface area contributed by atoms with Gasteiger partial charge in [-0.15, -0.1) is 24.8 Å². The molecule has 3 unspecified atom stereocenters. The van der Waals surface area contributed by atoms with Crippen molar-refractivity contribution < 1.29 is 4.79 Å². The van der Waals surface area contributed by atoms with Crippen LogP contribution in [0.2, 0.25) is 0 Å². The highest BCUT2D eigenvalue weighted by atomic mass is 35.5. The summed E-state index contributed by atoms with van der Waals surface area (Å²) in [5, 5.41) is 3.26. The zero-order chi connectivity index (χ0) is 16.3. The Morgan fingerprint density at radius 1 is 1.24 bits per heavy atom. The van der Waals surface area contributed by atoms with Gasteiger partial charge in [0.15, 0.2) is 0 Å². The van der Waals surface area contributed by atoms with E-state index in [0.29, 0.717) is 0 Å². The fourth-order valence-electron chi connectivity index (χ4n) is 4.03. The molecule has 3 N–H and O–H groups in total. The summed E-state index contributed by atoms with van der Waals surface area (Å²) in [6, 6.07) is 10.8. The number of nitrogens with two attached hydrogens (primary N) is 1. The molecular weight excluding hydrogens is 357 g/mol. The van der Waals surface area contributed by atoms with Gasteiger partial charge in [-0.25, -0.2) is 0 Å². The van der Waals surface area contributed by atoms with Crippen molar-refractivity contribution in [2.45, 2.75) is 57.2 Å². The lowest BCUT2D eigenvalue weighted by atomic mass is 9.74. The highest BCUT2D eigenvalue weighted by Crippen LogP contribution is 2.32. The first-order valence-electron chi connectivity index (χ1n) is 8.90. The third kappa shape index (κ3) is 5.85. The van der Waals surface area contributed by atoms with Crippen LogP contribution in [0.15, 0.2) is 30.3 Å². The molecule has 2 aliphatic rings. The number of nitrogens with one attached hydrogen (secondary N) is 1. The van der Waals surface area contributed by atoms with Crippen LogP contribution in [0.5, 0.6) is 0 Å². The molecule has 4 nitrogen and oxygen atoms in total. The van der Waals surface area contributed by atoms with E-state index in [-0.39, 0.29) is 48.2 Å². The normalized spacial score (nSPS) is 29.4. The van der Waals surface area contributed by atoms with Gasteiger partial charge >= 0.3 is 0 Å². The van der Waals surface area contributed by atoms with Crippen LogP contribution in [0.4, 0.5) is 0 Å². The Balaban J connectivity index is 0.00000156. The maximum atomic E-state index is 12.6. The molecule has 1 aliphatic heterocycles. The minimum absolute atomic E-state index is 0. The summed E-state index contributed by atoms with van der Waals surface area (Å²) in [7, 11) is 0. The number of hydrogen-bond donors (Lipinski definition) is 2. The lowest BCUT2D eigenvalue weighted by Gasteiger charge is -2.37. The van der Waals surface area contributed by atoms with Crippen LogP contribution in [0.3, 0.4) is 0 Å². The van der Waals surface area contributed by atoms with E-state index >= 15 is 0 Å². The van der Waals surface area contributed by atoms with Gasteiger partial charge in [0, 0.05) is 31.2 Å². The molecule has 1 saturated carbocycles. The van der Waals surface area contributed by atoms with E-state index < -0.39 is 0 Å². The van der Waals surface area contributed by atoms with Gasteiger partial charge in [0.2, 0.25) is 5.91 Å². The molecular formula is C19H31Cl2N3O. The van der Waals surface area contributed by atoms with Gasteiger partial charge in [-0.1, -0.05) is 43.2 Å². The zero-order valence-electron chi connectivity index (χ0n) is 14.9. The number of carbonyl (C=O) groups is 1. The molecule has 25 heavy (non-hydrogen) atoms. The standard InChI is InChI=1S/C19H29N3O.2ClH/c1-19(20)11-6-5-9-17(19)18(23)21-16-10-12-22(14-16)13-15-7-3-2-4-8-15;;/h2-4,7-8,16-17H,5-6,9-14,20H2,1H3,(H,21,23);2*1H. The monoisotopic (exact) mass is 387 g/mol. The van der Waals surface area contributed by atoms with Crippen LogP contribution >= 0.6 is 24.8 Å². The fourth-order valence-corrected chi connectivity index (χ4v) is 4.03. The molecule has 1 heterocycles. The number of benzene rings is 1.